The average Bonchev–Trinajstić information content (AvgIpc) is 3.00. The number of anilines is 2. The zero-order chi connectivity index (χ0) is 24.6. The van der Waals surface area contributed by atoms with Gasteiger partial charge in [-0.15, -0.1) is 0 Å². The number of carbonyl (C=O) groups excluding carboxylic acids is 2. The van der Waals surface area contributed by atoms with Crippen molar-refractivity contribution < 1.29 is 22.7 Å². The molecule has 0 radical (unpaired) electrons. The smallest absolute Gasteiger partial charge is 0.327 e. The van der Waals surface area contributed by atoms with Gasteiger partial charge in [0, 0.05) is 11.1 Å². The molecule has 34 heavy (non-hydrogen) atoms. The van der Waals surface area contributed by atoms with Crippen LogP contribution in [0.1, 0.15) is 50.7 Å². The lowest BCUT2D eigenvalue weighted by atomic mass is 9.92. The fraction of sp³-hybridized carbons (Fsp3) is 0.308. The highest BCUT2D eigenvalue weighted by Crippen LogP contribution is 2.41. The van der Waals surface area contributed by atoms with Gasteiger partial charge in [0.25, 0.3) is 15.9 Å². The zero-order valence-electron chi connectivity index (χ0n) is 19.7. The number of amides is 1. The SMILES string of the molecule is CC(C)c1cccc(C(C)C)c1NC(=O)COC(=O)CN1c2cccc3cccc(c23)S1(=O)=O. The highest BCUT2D eigenvalue weighted by molar-refractivity contribution is 7.93. The van der Waals surface area contributed by atoms with Crippen molar-refractivity contribution in [3.63, 3.8) is 0 Å². The normalized spacial score (nSPS) is 14.1. The number of nitrogens with zero attached hydrogens (tertiary/aromatic N) is 1. The van der Waals surface area contributed by atoms with E-state index in [0.717, 1.165) is 26.5 Å². The van der Waals surface area contributed by atoms with Crippen molar-refractivity contribution in [1.29, 1.82) is 0 Å². The van der Waals surface area contributed by atoms with Crippen LogP contribution in [0.5, 0.6) is 0 Å². The van der Waals surface area contributed by atoms with Crippen LogP contribution in [0.25, 0.3) is 10.8 Å². The summed E-state index contributed by atoms with van der Waals surface area (Å²) in [5.74, 6) is -0.884. The van der Waals surface area contributed by atoms with E-state index in [1.54, 1.807) is 18.2 Å². The molecule has 178 valence electrons. The van der Waals surface area contributed by atoms with Crippen LogP contribution in [-0.2, 0) is 24.3 Å². The number of ether oxygens (including phenoxy) is 1. The fourth-order valence-electron chi connectivity index (χ4n) is 4.31. The van der Waals surface area contributed by atoms with Crippen molar-refractivity contribution >= 4 is 44.0 Å². The summed E-state index contributed by atoms with van der Waals surface area (Å²) in [6.45, 7) is 7.17. The molecule has 0 saturated carbocycles. The number of hydrogen-bond acceptors (Lipinski definition) is 5. The number of rotatable bonds is 7. The van der Waals surface area contributed by atoms with Gasteiger partial charge in [0.05, 0.1) is 10.6 Å². The maximum absolute atomic E-state index is 13.0. The molecular weight excluding hydrogens is 452 g/mol. The van der Waals surface area contributed by atoms with E-state index in [0.29, 0.717) is 11.1 Å². The largest absolute Gasteiger partial charge is 0.454 e. The molecular formula is C26H28N2O5S. The molecule has 0 bridgehead atoms. The predicted molar refractivity (Wildman–Crippen MR) is 133 cm³/mol. The quantitative estimate of drug-likeness (QED) is 0.492. The maximum atomic E-state index is 13.0. The molecule has 1 aliphatic rings. The van der Waals surface area contributed by atoms with Gasteiger partial charge in [-0.3, -0.25) is 13.9 Å². The van der Waals surface area contributed by atoms with Crippen molar-refractivity contribution in [1.82, 2.24) is 0 Å². The number of esters is 1. The lowest BCUT2D eigenvalue weighted by Gasteiger charge is -2.20. The summed E-state index contributed by atoms with van der Waals surface area (Å²) in [7, 11) is -3.88. The zero-order valence-corrected chi connectivity index (χ0v) is 20.5. The van der Waals surface area contributed by atoms with Crippen molar-refractivity contribution in [2.24, 2.45) is 0 Å². The summed E-state index contributed by atoms with van der Waals surface area (Å²) >= 11 is 0. The van der Waals surface area contributed by atoms with E-state index >= 15 is 0 Å². The molecule has 8 heteroatoms. The Balaban J connectivity index is 1.46. The highest BCUT2D eigenvalue weighted by atomic mass is 32.2. The Morgan fingerprint density at radius 1 is 0.912 bits per heavy atom. The van der Waals surface area contributed by atoms with Crippen LogP contribution in [0.4, 0.5) is 11.4 Å². The minimum Gasteiger partial charge on any atom is -0.454 e. The van der Waals surface area contributed by atoms with Crippen LogP contribution in [0, 0.1) is 0 Å². The second kappa shape index (κ2) is 9.10. The van der Waals surface area contributed by atoms with Crippen molar-refractivity contribution in [3.8, 4) is 0 Å². The van der Waals surface area contributed by atoms with Gasteiger partial charge in [-0.2, -0.15) is 0 Å². The van der Waals surface area contributed by atoms with E-state index in [9.17, 15) is 18.0 Å². The number of nitrogens with one attached hydrogen (secondary N) is 1. The van der Waals surface area contributed by atoms with E-state index in [-0.39, 0.29) is 16.7 Å². The number of benzene rings is 3. The second-order valence-corrected chi connectivity index (χ2v) is 10.8. The molecule has 4 rings (SSSR count). The first-order chi connectivity index (χ1) is 16.1. The third kappa shape index (κ3) is 4.25. The minimum atomic E-state index is -3.88. The number of para-hydroxylation sites is 1. The molecule has 1 aliphatic heterocycles. The van der Waals surface area contributed by atoms with Crippen LogP contribution in [0.2, 0.25) is 0 Å². The summed E-state index contributed by atoms with van der Waals surface area (Å²) < 4.78 is 32.2. The maximum Gasteiger partial charge on any atom is 0.327 e. The third-order valence-corrected chi connectivity index (χ3v) is 7.76. The molecule has 1 amide bonds. The Morgan fingerprint density at radius 3 is 2.12 bits per heavy atom. The lowest BCUT2D eigenvalue weighted by molar-refractivity contribution is -0.145. The van der Waals surface area contributed by atoms with Crippen molar-refractivity contribution in [2.45, 2.75) is 44.4 Å². The molecule has 0 saturated heterocycles. The summed E-state index contributed by atoms with van der Waals surface area (Å²) in [6, 6.07) is 16.1. The van der Waals surface area contributed by atoms with Gasteiger partial charge >= 0.3 is 5.97 Å². The Bertz CT molecular complexity index is 1350. The molecule has 3 aromatic carbocycles. The standard InChI is InChI=1S/C26H28N2O5S/c1-16(2)19-10-7-11-20(17(3)4)26(19)27-23(29)15-33-24(30)14-28-21-12-5-8-18-9-6-13-22(25(18)21)34(28,31)32/h5-13,16-17H,14-15H2,1-4H3,(H,27,29). The molecule has 1 heterocycles. The van der Waals surface area contributed by atoms with Crippen molar-refractivity contribution in [2.75, 3.05) is 22.8 Å². The van der Waals surface area contributed by atoms with Gasteiger partial charge in [0.15, 0.2) is 6.61 Å². The second-order valence-electron chi connectivity index (χ2n) is 8.97. The monoisotopic (exact) mass is 480 g/mol. The topological polar surface area (TPSA) is 92.8 Å². The van der Waals surface area contributed by atoms with Gasteiger partial charge in [-0.05, 0) is 40.5 Å². The third-order valence-electron chi connectivity index (χ3n) is 5.96. The number of hydrogen-bond donors (Lipinski definition) is 1. The summed E-state index contributed by atoms with van der Waals surface area (Å²) in [5.41, 5.74) is 3.17. The molecule has 0 unspecified atom stereocenters. The van der Waals surface area contributed by atoms with E-state index in [1.807, 2.05) is 58.0 Å². The number of carbonyl (C=O) groups is 2. The first-order valence-electron chi connectivity index (χ1n) is 11.2. The van der Waals surface area contributed by atoms with Crippen LogP contribution in [-0.4, -0.2) is 33.4 Å². The minimum absolute atomic E-state index is 0.164. The molecule has 0 atom stereocenters. The molecule has 0 aromatic heterocycles. The van der Waals surface area contributed by atoms with E-state index in [4.69, 9.17) is 4.74 Å². The Hall–Kier alpha value is -3.39. The van der Waals surface area contributed by atoms with Crippen molar-refractivity contribution in [3.05, 3.63) is 65.7 Å². The molecule has 1 N–H and O–H groups in total. The van der Waals surface area contributed by atoms with E-state index in [2.05, 4.69) is 5.32 Å². The highest BCUT2D eigenvalue weighted by Gasteiger charge is 2.37. The molecule has 3 aromatic rings. The Labute approximate surface area is 199 Å². The fourth-order valence-corrected chi connectivity index (χ4v) is 5.96. The van der Waals surface area contributed by atoms with E-state index < -0.39 is 35.1 Å². The lowest BCUT2D eigenvalue weighted by Crippen LogP contribution is -2.35. The van der Waals surface area contributed by atoms with E-state index in [1.165, 1.54) is 6.07 Å². The first kappa shape index (κ1) is 23.8. The Morgan fingerprint density at radius 2 is 1.50 bits per heavy atom. The molecule has 7 nitrogen and oxygen atoms in total. The average molecular weight is 481 g/mol. The van der Waals surface area contributed by atoms with Crippen LogP contribution in [0.3, 0.4) is 0 Å². The van der Waals surface area contributed by atoms with Gasteiger partial charge in [0.2, 0.25) is 0 Å². The van der Waals surface area contributed by atoms with Gasteiger partial charge < -0.3 is 10.1 Å². The Kier molecular flexibility index (Phi) is 6.36. The molecule has 0 fully saturated rings. The van der Waals surface area contributed by atoms with Crippen LogP contribution >= 0.6 is 0 Å². The molecule has 0 spiro atoms. The van der Waals surface area contributed by atoms with Gasteiger partial charge in [0.1, 0.15) is 6.54 Å². The number of sulfonamides is 1. The van der Waals surface area contributed by atoms with Crippen LogP contribution in [0.15, 0.2) is 59.5 Å². The van der Waals surface area contributed by atoms with Gasteiger partial charge in [-0.1, -0.05) is 70.2 Å². The summed E-state index contributed by atoms with van der Waals surface area (Å²) in [4.78, 5) is 25.4. The molecule has 0 aliphatic carbocycles. The predicted octanol–water partition coefficient (Wildman–Crippen LogP) is 4.78. The summed E-state index contributed by atoms with van der Waals surface area (Å²) in [5, 5.41) is 4.25. The summed E-state index contributed by atoms with van der Waals surface area (Å²) in [6.07, 6.45) is 0. The van der Waals surface area contributed by atoms with Crippen LogP contribution < -0.4 is 9.62 Å². The van der Waals surface area contributed by atoms with Gasteiger partial charge in [-0.25, -0.2) is 8.42 Å². The first-order valence-corrected chi connectivity index (χ1v) is 12.7.